The molecule has 5 heteroatoms. The van der Waals surface area contributed by atoms with Crippen LogP contribution in [0.5, 0.6) is 0 Å². The summed E-state index contributed by atoms with van der Waals surface area (Å²) >= 11 is 5.97. The summed E-state index contributed by atoms with van der Waals surface area (Å²) in [6, 6.07) is 4.83. The Labute approximate surface area is 92.4 Å². The molecule has 1 N–H and O–H groups in total. The first-order valence-corrected chi connectivity index (χ1v) is 5.19. The Morgan fingerprint density at radius 1 is 1.53 bits per heavy atom. The fourth-order valence-corrected chi connectivity index (χ4v) is 1.95. The van der Waals surface area contributed by atoms with Gasteiger partial charge in [-0.05, 0) is 31.5 Å². The van der Waals surface area contributed by atoms with Crippen LogP contribution in [-0.4, -0.2) is 18.0 Å². The van der Waals surface area contributed by atoms with Gasteiger partial charge in [-0.2, -0.15) is 0 Å². The lowest BCUT2D eigenvalue weighted by atomic mass is 9.93. The number of hydrogen-bond acceptors (Lipinski definition) is 3. The molecular weight excluding hydrogens is 216 g/mol. The summed E-state index contributed by atoms with van der Waals surface area (Å²) < 4.78 is 0. The molecule has 4 nitrogen and oxygen atoms in total. The van der Waals surface area contributed by atoms with Crippen LogP contribution in [0, 0.1) is 16.0 Å². The van der Waals surface area contributed by atoms with E-state index >= 15 is 0 Å². The smallest absolute Gasteiger partial charge is 0.274 e. The van der Waals surface area contributed by atoms with Crippen LogP contribution in [0.15, 0.2) is 18.2 Å². The van der Waals surface area contributed by atoms with E-state index in [2.05, 4.69) is 5.32 Å². The third-order valence-electron chi connectivity index (χ3n) is 2.65. The van der Waals surface area contributed by atoms with Gasteiger partial charge >= 0.3 is 0 Å². The van der Waals surface area contributed by atoms with Crippen molar-refractivity contribution in [1.82, 2.24) is 5.32 Å². The van der Waals surface area contributed by atoms with Crippen molar-refractivity contribution in [3.05, 3.63) is 38.9 Å². The second-order valence-corrected chi connectivity index (χ2v) is 4.13. The first kappa shape index (κ1) is 10.4. The Morgan fingerprint density at radius 2 is 2.27 bits per heavy atom. The average molecular weight is 227 g/mol. The van der Waals surface area contributed by atoms with Crippen LogP contribution in [0.1, 0.15) is 5.56 Å². The second-order valence-electron chi connectivity index (χ2n) is 3.72. The van der Waals surface area contributed by atoms with Gasteiger partial charge in [0.2, 0.25) is 0 Å². The minimum atomic E-state index is -0.368. The first-order valence-electron chi connectivity index (χ1n) is 4.81. The van der Waals surface area contributed by atoms with E-state index in [9.17, 15) is 10.1 Å². The quantitative estimate of drug-likeness (QED) is 0.634. The zero-order valence-corrected chi connectivity index (χ0v) is 8.83. The Bertz CT molecular complexity index is 391. The van der Waals surface area contributed by atoms with Crippen molar-refractivity contribution in [3.8, 4) is 0 Å². The third-order valence-corrected chi connectivity index (χ3v) is 3.00. The molecule has 0 aliphatic carbocycles. The molecule has 0 spiro atoms. The lowest BCUT2D eigenvalue weighted by Crippen LogP contribution is -2.43. The molecular formula is C10H11ClN2O2. The maximum atomic E-state index is 10.8. The normalized spacial score (nSPS) is 16.1. The highest BCUT2D eigenvalue weighted by Crippen LogP contribution is 2.29. The zero-order valence-electron chi connectivity index (χ0n) is 8.07. The van der Waals surface area contributed by atoms with Crippen molar-refractivity contribution in [1.29, 1.82) is 0 Å². The molecule has 0 atom stereocenters. The minimum absolute atomic E-state index is 0.134. The predicted octanol–water partition coefficient (Wildman–Crippen LogP) is 2.01. The summed E-state index contributed by atoms with van der Waals surface area (Å²) in [6.45, 7) is 1.84. The van der Waals surface area contributed by atoms with Gasteiger partial charge in [0.25, 0.3) is 5.69 Å². The monoisotopic (exact) mass is 226 g/mol. The highest BCUT2D eigenvalue weighted by atomic mass is 35.5. The van der Waals surface area contributed by atoms with Gasteiger partial charge in [-0.3, -0.25) is 10.1 Å². The molecule has 0 amide bonds. The Kier molecular flexibility index (Phi) is 2.88. The van der Waals surface area contributed by atoms with Crippen molar-refractivity contribution in [2.45, 2.75) is 6.42 Å². The van der Waals surface area contributed by atoms with E-state index in [4.69, 9.17) is 11.6 Å². The lowest BCUT2D eigenvalue weighted by Gasteiger charge is -2.27. The molecule has 0 aromatic heterocycles. The van der Waals surface area contributed by atoms with Gasteiger partial charge in [0.1, 0.15) is 0 Å². The van der Waals surface area contributed by atoms with E-state index in [0.29, 0.717) is 22.9 Å². The Hall–Kier alpha value is -1.13. The summed E-state index contributed by atoms with van der Waals surface area (Å²) in [4.78, 5) is 10.4. The van der Waals surface area contributed by atoms with E-state index in [1.54, 1.807) is 12.1 Å². The Morgan fingerprint density at radius 3 is 2.80 bits per heavy atom. The van der Waals surface area contributed by atoms with E-state index < -0.39 is 0 Å². The number of benzene rings is 1. The molecule has 0 bridgehead atoms. The molecule has 0 radical (unpaired) electrons. The van der Waals surface area contributed by atoms with E-state index in [1.807, 2.05) is 0 Å². The number of nitrogens with zero attached hydrogens (tertiary/aromatic N) is 1. The first-order chi connectivity index (χ1) is 7.18. The van der Waals surface area contributed by atoms with Crippen molar-refractivity contribution >= 4 is 17.3 Å². The van der Waals surface area contributed by atoms with Crippen molar-refractivity contribution in [3.63, 3.8) is 0 Å². The van der Waals surface area contributed by atoms with Gasteiger partial charge in [-0.25, -0.2) is 0 Å². The van der Waals surface area contributed by atoms with Crippen molar-refractivity contribution in [2.24, 2.45) is 5.92 Å². The van der Waals surface area contributed by atoms with Crippen molar-refractivity contribution in [2.75, 3.05) is 13.1 Å². The number of nitro benzene ring substituents is 1. The maximum Gasteiger partial charge on any atom is 0.274 e. The lowest BCUT2D eigenvalue weighted by molar-refractivity contribution is -0.385. The summed E-state index contributed by atoms with van der Waals surface area (Å²) in [6.07, 6.45) is 0.684. The molecule has 1 heterocycles. The van der Waals surface area contributed by atoms with Crippen LogP contribution in [0.3, 0.4) is 0 Å². The predicted molar refractivity (Wildman–Crippen MR) is 58.2 cm³/mol. The van der Waals surface area contributed by atoms with Gasteiger partial charge in [-0.15, -0.1) is 0 Å². The highest BCUT2D eigenvalue weighted by Gasteiger charge is 2.23. The standard InChI is InChI=1S/C10H11ClN2O2/c11-9-2-1-3-10(13(14)15)8(9)4-7-5-12-6-7/h1-3,7,12H,4-6H2. The molecule has 80 valence electrons. The maximum absolute atomic E-state index is 10.8. The molecule has 0 saturated carbocycles. The van der Waals surface area contributed by atoms with E-state index in [-0.39, 0.29) is 10.6 Å². The third kappa shape index (κ3) is 2.11. The molecule has 1 aromatic rings. The summed E-state index contributed by atoms with van der Waals surface area (Å²) in [5, 5.41) is 14.4. The number of rotatable bonds is 3. The number of nitrogens with one attached hydrogen (secondary N) is 1. The van der Waals surface area contributed by atoms with Crippen molar-refractivity contribution < 1.29 is 4.92 Å². The van der Waals surface area contributed by atoms with Gasteiger partial charge in [0.05, 0.1) is 9.95 Å². The summed E-state index contributed by atoms with van der Waals surface area (Å²) in [5.41, 5.74) is 0.796. The number of hydrogen-bond donors (Lipinski definition) is 1. The van der Waals surface area contributed by atoms with E-state index in [0.717, 1.165) is 13.1 Å². The molecule has 1 fully saturated rings. The average Bonchev–Trinajstić information content (AvgIpc) is 2.12. The molecule has 15 heavy (non-hydrogen) atoms. The fraction of sp³-hybridized carbons (Fsp3) is 0.400. The largest absolute Gasteiger partial charge is 0.316 e. The van der Waals surface area contributed by atoms with Crippen LogP contribution in [0.4, 0.5) is 5.69 Å². The SMILES string of the molecule is O=[N+]([O-])c1cccc(Cl)c1CC1CNC1. The van der Waals surface area contributed by atoms with Gasteiger partial charge < -0.3 is 5.32 Å². The van der Waals surface area contributed by atoms with Gasteiger partial charge in [0.15, 0.2) is 0 Å². The fourth-order valence-electron chi connectivity index (χ4n) is 1.70. The number of nitro groups is 1. The Balaban J connectivity index is 2.29. The molecule has 1 aliphatic heterocycles. The van der Waals surface area contributed by atoms with Gasteiger partial charge in [-0.1, -0.05) is 17.7 Å². The van der Waals surface area contributed by atoms with Crippen LogP contribution < -0.4 is 5.32 Å². The zero-order chi connectivity index (χ0) is 10.8. The van der Waals surface area contributed by atoms with Crippen LogP contribution >= 0.6 is 11.6 Å². The topological polar surface area (TPSA) is 55.2 Å². The molecule has 1 aromatic carbocycles. The summed E-state index contributed by atoms with van der Waals surface area (Å²) in [5.74, 6) is 0.476. The second kappa shape index (κ2) is 4.16. The summed E-state index contributed by atoms with van der Waals surface area (Å²) in [7, 11) is 0. The highest BCUT2D eigenvalue weighted by molar-refractivity contribution is 6.31. The van der Waals surface area contributed by atoms with Crippen LogP contribution in [-0.2, 0) is 6.42 Å². The molecule has 1 aliphatic rings. The molecule has 2 rings (SSSR count). The molecule has 1 saturated heterocycles. The van der Waals surface area contributed by atoms with Crippen LogP contribution in [0.2, 0.25) is 5.02 Å². The number of halogens is 1. The van der Waals surface area contributed by atoms with Gasteiger partial charge in [0, 0.05) is 11.6 Å². The minimum Gasteiger partial charge on any atom is -0.316 e. The van der Waals surface area contributed by atoms with Crippen LogP contribution in [0.25, 0.3) is 0 Å². The van der Waals surface area contributed by atoms with E-state index in [1.165, 1.54) is 6.07 Å². The molecule has 0 unspecified atom stereocenters.